The molecule has 0 aliphatic carbocycles. The Morgan fingerprint density at radius 3 is 2.24 bits per heavy atom. The highest BCUT2D eigenvalue weighted by Crippen LogP contribution is 2.22. The van der Waals surface area contributed by atoms with Crippen LogP contribution in [0.5, 0.6) is 0 Å². The largest absolute Gasteiger partial charge is 0.372 e. The number of nitrogens with one attached hydrogen (secondary N) is 1. The number of primary amides is 1. The second kappa shape index (κ2) is 8.34. The SMILES string of the molecule is NC(=O)C1CCN(CC(=O)Nc2ccc(N3CCCCC3)cc2)CC1. The molecule has 0 radical (unpaired) electrons. The molecule has 136 valence electrons. The smallest absolute Gasteiger partial charge is 0.238 e. The molecule has 3 rings (SSSR count). The quantitative estimate of drug-likeness (QED) is 0.854. The fourth-order valence-electron chi connectivity index (χ4n) is 3.69. The first-order valence-corrected chi connectivity index (χ1v) is 9.28. The molecule has 1 aromatic rings. The predicted molar refractivity (Wildman–Crippen MR) is 99.5 cm³/mol. The highest BCUT2D eigenvalue weighted by atomic mass is 16.2. The summed E-state index contributed by atoms with van der Waals surface area (Å²) in [4.78, 5) is 27.9. The van der Waals surface area contributed by atoms with E-state index in [-0.39, 0.29) is 17.7 Å². The molecule has 2 saturated heterocycles. The van der Waals surface area contributed by atoms with Crippen molar-refractivity contribution in [1.29, 1.82) is 0 Å². The van der Waals surface area contributed by atoms with Gasteiger partial charge >= 0.3 is 0 Å². The molecule has 0 saturated carbocycles. The van der Waals surface area contributed by atoms with Crippen molar-refractivity contribution in [2.24, 2.45) is 11.7 Å². The average molecular weight is 344 g/mol. The van der Waals surface area contributed by atoms with Crippen molar-refractivity contribution in [3.63, 3.8) is 0 Å². The first kappa shape index (κ1) is 17.7. The zero-order valence-corrected chi connectivity index (χ0v) is 14.7. The number of carbonyl (C=O) groups is 2. The summed E-state index contributed by atoms with van der Waals surface area (Å²) in [7, 11) is 0. The minimum absolute atomic E-state index is 0.0109. The monoisotopic (exact) mass is 344 g/mol. The maximum absolute atomic E-state index is 12.2. The minimum atomic E-state index is -0.224. The maximum atomic E-state index is 12.2. The van der Waals surface area contributed by atoms with Crippen LogP contribution in [0.15, 0.2) is 24.3 Å². The number of nitrogens with zero attached hydrogens (tertiary/aromatic N) is 2. The molecule has 6 nitrogen and oxygen atoms in total. The lowest BCUT2D eigenvalue weighted by atomic mass is 9.96. The van der Waals surface area contributed by atoms with Gasteiger partial charge in [-0.1, -0.05) is 0 Å². The van der Waals surface area contributed by atoms with E-state index in [1.54, 1.807) is 0 Å². The van der Waals surface area contributed by atoms with E-state index in [0.717, 1.165) is 44.7 Å². The molecule has 2 aliphatic heterocycles. The van der Waals surface area contributed by atoms with Gasteiger partial charge in [-0.2, -0.15) is 0 Å². The first-order chi connectivity index (χ1) is 12.1. The van der Waals surface area contributed by atoms with Crippen LogP contribution in [0.4, 0.5) is 11.4 Å². The number of anilines is 2. The third-order valence-corrected chi connectivity index (χ3v) is 5.23. The number of hydrogen-bond donors (Lipinski definition) is 2. The van der Waals surface area contributed by atoms with Crippen molar-refractivity contribution in [2.45, 2.75) is 32.1 Å². The Bertz CT molecular complexity index is 588. The molecule has 25 heavy (non-hydrogen) atoms. The highest BCUT2D eigenvalue weighted by Gasteiger charge is 2.24. The number of rotatable bonds is 5. The number of piperidine rings is 2. The van der Waals surface area contributed by atoms with Gasteiger partial charge in [-0.05, 0) is 69.5 Å². The normalized spacial score (nSPS) is 19.6. The number of benzene rings is 1. The average Bonchev–Trinajstić information content (AvgIpc) is 2.63. The molecule has 3 N–H and O–H groups in total. The third kappa shape index (κ3) is 4.95. The Morgan fingerprint density at radius 2 is 1.64 bits per heavy atom. The van der Waals surface area contributed by atoms with Crippen LogP contribution in [0, 0.1) is 5.92 Å². The fourth-order valence-corrected chi connectivity index (χ4v) is 3.69. The zero-order valence-electron chi connectivity index (χ0n) is 14.7. The van der Waals surface area contributed by atoms with Crippen molar-refractivity contribution in [3.05, 3.63) is 24.3 Å². The van der Waals surface area contributed by atoms with Gasteiger partial charge in [0.25, 0.3) is 0 Å². The van der Waals surface area contributed by atoms with Gasteiger partial charge in [0, 0.05) is 30.4 Å². The molecule has 0 atom stereocenters. The molecule has 0 spiro atoms. The second-order valence-corrected chi connectivity index (χ2v) is 7.10. The highest BCUT2D eigenvalue weighted by molar-refractivity contribution is 5.92. The van der Waals surface area contributed by atoms with Crippen LogP contribution in [-0.2, 0) is 9.59 Å². The molecule has 0 aromatic heterocycles. The van der Waals surface area contributed by atoms with Crippen molar-refractivity contribution in [2.75, 3.05) is 42.9 Å². The van der Waals surface area contributed by atoms with Gasteiger partial charge in [-0.25, -0.2) is 0 Å². The van der Waals surface area contributed by atoms with Gasteiger partial charge in [0.2, 0.25) is 11.8 Å². The van der Waals surface area contributed by atoms with Gasteiger partial charge in [-0.15, -0.1) is 0 Å². The molecule has 1 aromatic carbocycles. The molecule has 0 bridgehead atoms. The summed E-state index contributed by atoms with van der Waals surface area (Å²) in [6.07, 6.45) is 5.32. The van der Waals surface area contributed by atoms with E-state index in [0.29, 0.717) is 6.54 Å². The van der Waals surface area contributed by atoms with E-state index >= 15 is 0 Å². The van der Waals surface area contributed by atoms with Crippen LogP contribution >= 0.6 is 0 Å². The van der Waals surface area contributed by atoms with Crippen LogP contribution in [0.3, 0.4) is 0 Å². The van der Waals surface area contributed by atoms with E-state index in [4.69, 9.17) is 5.73 Å². The fraction of sp³-hybridized carbons (Fsp3) is 0.579. The third-order valence-electron chi connectivity index (χ3n) is 5.23. The van der Waals surface area contributed by atoms with E-state index in [1.807, 2.05) is 12.1 Å². The van der Waals surface area contributed by atoms with Crippen LogP contribution in [0.25, 0.3) is 0 Å². The zero-order chi connectivity index (χ0) is 17.6. The lowest BCUT2D eigenvalue weighted by Crippen LogP contribution is -2.42. The van der Waals surface area contributed by atoms with Gasteiger partial charge in [0.1, 0.15) is 0 Å². The molecule has 2 amide bonds. The molecule has 6 heteroatoms. The van der Waals surface area contributed by atoms with Crippen LogP contribution in [-0.4, -0.2) is 49.4 Å². The summed E-state index contributed by atoms with van der Waals surface area (Å²) >= 11 is 0. The molecule has 2 heterocycles. The van der Waals surface area contributed by atoms with Crippen molar-refractivity contribution in [3.8, 4) is 0 Å². The number of amides is 2. The molecular formula is C19H28N4O2. The summed E-state index contributed by atoms with van der Waals surface area (Å²) in [5, 5.41) is 2.96. The standard InChI is InChI=1S/C19H28N4O2/c20-19(25)15-8-12-22(13-9-15)14-18(24)21-16-4-6-17(7-5-16)23-10-2-1-3-11-23/h4-7,15H,1-3,8-14H2,(H2,20,25)(H,21,24). The summed E-state index contributed by atoms with van der Waals surface area (Å²) in [6.45, 7) is 4.09. The van der Waals surface area contributed by atoms with E-state index in [2.05, 4.69) is 27.2 Å². The molecule has 2 aliphatic rings. The number of hydrogen-bond acceptors (Lipinski definition) is 4. The lowest BCUT2D eigenvalue weighted by molar-refractivity contribution is -0.123. The molecule has 2 fully saturated rings. The number of carbonyl (C=O) groups excluding carboxylic acids is 2. The maximum Gasteiger partial charge on any atom is 0.238 e. The minimum Gasteiger partial charge on any atom is -0.372 e. The second-order valence-electron chi connectivity index (χ2n) is 7.10. The summed E-state index contributed by atoms with van der Waals surface area (Å²) in [5.74, 6) is -0.275. The summed E-state index contributed by atoms with van der Waals surface area (Å²) in [5.41, 5.74) is 7.40. The number of likely N-dealkylation sites (tertiary alicyclic amines) is 1. The van der Waals surface area contributed by atoms with Gasteiger partial charge in [0.15, 0.2) is 0 Å². The lowest BCUT2D eigenvalue weighted by Gasteiger charge is -2.30. The Morgan fingerprint density at radius 1 is 1.00 bits per heavy atom. The summed E-state index contributed by atoms with van der Waals surface area (Å²) in [6, 6.07) is 8.11. The predicted octanol–water partition coefficient (Wildman–Crippen LogP) is 1.81. The van der Waals surface area contributed by atoms with E-state index in [1.165, 1.54) is 24.9 Å². The van der Waals surface area contributed by atoms with Crippen molar-refractivity contribution in [1.82, 2.24) is 4.90 Å². The van der Waals surface area contributed by atoms with Crippen molar-refractivity contribution < 1.29 is 9.59 Å². The van der Waals surface area contributed by atoms with Crippen LogP contribution < -0.4 is 16.0 Å². The van der Waals surface area contributed by atoms with Gasteiger partial charge in [0.05, 0.1) is 6.54 Å². The van der Waals surface area contributed by atoms with E-state index in [9.17, 15) is 9.59 Å². The molecular weight excluding hydrogens is 316 g/mol. The number of nitrogens with two attached hydrogens (primary N) is 1. The Hall–Kier alpha value is -2.08. The Balaban J connectivity index is 1.45. The van der Waals surface area contributed by atoms with Gasteiger partial charge in [-0.3, -0.25) is 14.5 Å². The molecule has 0 unspecified atom stereocenters. The first-order valence-electron chi connectivity index (χ1n) is 9.28. The summed E-state index contributed by atoms with van der Waals surface area (Å²) < 4.78 is 0. The topological polar surface area (TPSA) is 78.7 Å². The van der Waals surface area contributed by atoms with Crippen LogP contribution in [0.1, 0.15) is 32.1 Å². The van der Waals surface area contributed by atoms with Gasteiger partial charge < -0.3 is 16.0 Å². The van der Waals surface area contributed by atoms with E-state index < -0.39 is 0 Å². The van der Waals surface area contributed by atoms with Crippen molar-refractivity contribution >= 4 is 23.2 Å². The Labute approximate surface area is 149 Å². The Kier molecular flexibility index (Phi) is 5.91. The van der Waals surface area contributed by atoms with Crippen LogP contribution in [0.2, 0.25) is 0 Å².